The molecule has 2 aromatic heterocycles. The predicted molar refractivity (Wildman–Crippen MR) is 82.7 cm³/mol. The molecule has 2 heterocycles. The van der Waals surface area contributed by atoms with E-state index >= 15 is 0 Å². The molecule has 3 rings (SSSR count). The Hall–Kier alpha value is -2.40. The standard InChI is InChI=1S/C16H18N4O/c1-20(9-6-12-4-7-18-8-5-12)11-16-19-14-3-2-13(17)10-15(14)21-16/h2-5,7-8,10H,6,9,11,17H2,1H3. The predicted octanol–water partition coefficient (Wildman–Crippen LogP) is 2.48. The molecule has 0 spiro atoms. The number of hydrogen-bond donors (Lipinski definition) is 1. The van der Waals surface area contributed by atoms with Gasteiger partial charge in [-0.3, -0.25) is 9.88 Å². The quantitative estimate of drug-likeness (QED) is 0.728. The van der Waals surface area contributed by atoms with Crippen molar-refractivity contribution in [1.82, 2.24) is 14.9 Å². The molecule has 0 saturated heterocycles. The minimum Gasteiger partial charge on any atom is -0.439 e. The summed E-state index contributed by atoms with van der Waals surface area (Å²) in [6.45, 7) is 1.62. The second-order valence-electron chi connectivity index (χ2n) is 5.18. The summed E-state index contributed by atoms with van der Waals surface area (Å²) in [7, 11) is 2.06. The number of nitrogens with zero attached hydrogens (tertiary/aromatic N) is 3. The maximum atomic E-state index is 5.74. The van der Waals surface area contributed by atoms with Crippen LogP contribution in [-0.4, -0.2) is 28.5 Å². The molecule has 5 heteroatoms. The molecule has 3 aromatic rings. The maximum absolute atomic E-state index is 5.74. The summed E-state index contributed by atoms with van der Waals surface area (Å²) in [6, 6.07) is 9.60. The summed E-state index contributed by atoms with van der Waals surface area (Å²) in [4.78, 5) is 10.7. The first-order valence-electron chi connectivity index (χ1n) is 6.93. The van der Waals surface area contributed by atoms with E-state index in [0.29, 0.717) is 18.1 Å². The average Bonchev–Trinajstić information content (AvgIpc) is 2.87. The zero-order valence-electron chi connectivity index (χ0n) is 12.0. The van der Waals surface area contributed by atoms with Crippen LogP contribution in [0.25, 0.3) is 11.1 Å². The van der Waals surface area contributed by atoms with Crippen LogP contribution in [0.15, 0.2) is 47.1 Å². The highest BCUT2D eigenvalue weighted by Gasteiger charge is 2.08. The van der Waals surface area contributed by atoms with Gasteiger partial charge in [0.25, 0.3) is 0 Å². The number of anilines is 1. The fourth-order valence-electron chi connectivity index (χ4n) is 2.24. The van der Waals surface area contributed by atoms with Crippen molar-refractivity contribution in [1.29, 1.82) is 0 Å². The number of benzene rings is 1. The molecule has 0 fully saturated rings. The number of fused-ring (bicyclic) bond motifs is 1. The third kappa shape index (κ3) is 3.38. The van der Waals surface area contributed by atoms with Crippen LogP contribution >= 0.6 is 0 Å². The Labute approximate surface area is 123 Å². The van der Waals surface area contributed by atoms with Crippen LogP contribution in [0.4, 0.5) is 5.69 Å². The second-order valence-corrected chi connectivity index (χ2v) is 5.18. The van der Waals surface area contributed by atoms with Crippen LogP contribution in [-0.2, 0) is 13.0 Å². The Bertz CT molecular complexity index is 723. The zero-order chi connectivity index (χ0) is 14.7. The van der Waals surface area contributed by atoms with E-state index in [0.717, 1.165) is 24.1 Å². The molecule has 5 nitrogen and oxygen atoms in total. The second kappa shape index (κ2) is 5.93. The van der Waals surface area contributed by atoms with Gasteiger partial charge >= 0.3 is 0 Å². The molecule has 0 aliphatic rings. The SMILES string of the molecule is CN(CCc1ccncc1)Cc1nc2ccc(N)cc2o1. The molecular formula is C16H18N4O. The lowest BCUT2D eigenvalue weighted by atomic mass is 10.2. The summed E-state index contributed by atoms with van der Waals surface area (Å²) >= 11 is 0. The molecule has 0 aliphatic heterocycles. The van der Waals surface area contributed by atoms with Crippen LogP contribution in [0, 0.1) is 0 Å². The van der Waals surface area contributed by atoms with Crippen molar-refractivity contribution in [2.45, 2.75) is 13.0 Å². The van der Waals surface area contributed by atoms with Crippen molar-refractivity contribution >= 4 is 16.8 Å². The smallest absolute Gasteiger partial charge is 0.209 e. The number of nitrogen functional groups attached to an aromatic ring is 1. The lowest BCUT2D eigenvalue weighted by Gasteiger charge is -2.14. The van der Waals surface area contributed by atoms with Crippen molar-refractivity contribution in [2.75, 3.05) is 19.3 Å². The van der Waals surface area contributed by atoms with Crippen LogP contribution in [0.2, 0.25) is 0 Å². The van der Waals surface area contributed by atoms with Gasteiger partial charge in [-0.25, -0.2) is 4.98 Å². The normalized spacial score (nSPS) is 11.3. The highest BCUT2D eigenvalue weighted by atomic mass is 16.3. The Balaban J connectivity index is 1.62. The third-order valence-corrected chi connectivity index (χ3v) is 3.39. The zero-order valence-corrected chi connectivity index (χ0v) is 12.0. The van der Waals surface area contributed by atoms with E-state index in [1.165, 1.54) is 5.56 Å². The van der Waals surface area contributed by atoms with Gasteiger partial charge in [0.1, 0.15) is 5.52 Å². The molecule has 0 radical (unpaired) electrons. The summed E-state index contributed by atoms with van der Waals surface area (Å²) in [6.07, 6.45) is 4.62. The largest absolute Gasteiger partial charge is 0.439 e. The van der Waals surface area contributed by atoms with Gasteiger partial charge in [0, 0.05) is 30.7 Å². The fraction of sp³-hybridized carbons (Fsp3) is 0.250. The Morgan fingerprint density at radius 3 is 2.81 bits per heavy atom. The molecule has 2 N–H and O–H groups in total. The molecule has 108 valence electrons. The molecule has 1 aromatic carbocycles. The molecule has 0 atom stereocenters. The summed E-state index contributed by atoms with van der Waals surface area (Å²) in [5.74, 6) is 0.716. The topological polar surface area (TPSA) is 68.2 Å². The molecule has 0 aliphatic carbocycles. The molecule has 21 heavy (non-hydrogen) atoms. The highest BCUT2D eigenvalue weighted by Crippen LogP contribution is 2.19. The van der Waals surface area contributed by atoms with Crippen molar-refractivity contribution in [3.05, 3.63) is 54.2 Å². The number of aromatic nitrogens is 2. The Morgan fingerprint density at radius 1 is 1.19 bits per heavy atom. The number of nitrogens with two attached hydrogens (primary N) is 1. The molecule has 0 unspecified atom stereocenters. The average molecular weight is 282 g/mol. The minimum absolute atomic E-state index is 0.680. The lowest BCUT2D eigenvalue weighted by molar-refractivity contribution is 0.296. The van der Waals surface area contributed by atoms with Crippen molar-refractivity contribution in [3.8, 4) is 0 Å². The van der Waals surface area contributed by atoms with Gasteiger partial charge in [0.05, 0.1) is 6.54 Å². The Morgan fingerprint density at radius 2 is 2.00 bits per heavy atom. The highest BCUT2D eigenvalue weighted by molar-refractivity contribution is 5.76. The van der Waals surface area contributed by atoms with Crippen LogP contribution < -0.4 is 5.73 Å². The molecule has 0 saturated carbocycles. The fourth-order valence-corrected chi connectivity index (χ4v) is 2.24. The van der Waals surface area contributed by atoms with Crippen LogP contribution in [0.5, 0.6) is 0 Å². The van der Waals surface area contributed by atoms with Crippen molar-refractivity contribution < 1.29 is 4.42 Å². The number of pyridine rings is 1. The van der Waals surface area contributed by atoms with Gasteiger partial charge in [-0.1, -0.05) is 0 Å². The van der Waals surface area contributed by atoms with E-state index in [9.17, 15) is 0 Å². The third-order valence-electron chi connectivity index (χ3n) is 3.39. The van der Waals surface area contributed by atoms with Gasteiger partial charge in [0.2, 0.25) is 5.89 Å². The van der Waals surface area contributed by atoms with Crippen molar-refractivity contribution in [3.63, 3.8) is 0 Å². The van der Waals surface area contributed by atoms with Gasteiger partial charge in [0.15, 0.2) is 5.58 Å². The lowest BCUT2D eigenvalue weighted by Crippen LogP contribution is -2.20. The van der Waals surface area contributed by atoms with E-state index in [1.807, 2.05) is 42.7 Å². The number of hydrogen-bond acceptors (Lipinski definition) is 5. The van der Waals surface area contributed by atoms with E-state index in [1.54, 1.807) is 0 Å². The van der Waals surface area contributed by atoms with E-state index in [2.05, 4.69) is 21.9 Å². The van der Waals surface area contributed by atoms with Crippen molar-refractivity contribution in [2.24, 2.45) is 0 Å². The summed E-state index contributed by atoms with van der Waals surface area (Å²) in [5.41, 5.74) is 9.31. The van der Waals surface area contributed by atoms with Gasteiger partial charge in [-0.2, -0.15) is 0 Å². The van der Waals surface area contributed by atoms with E-state index in [-0.39, 0.29) is 0 Å². The first-order chi connectivity index (χ1) is 10.2. The van der Waals surface area contributed by atoms with E-state index in [4.69, 9.17) is 10.2 Å². The van der Waals surface area contributed by atoms with Gasteiger partial charge < -0.3 is 10.2 Å². The monoisotopic (exact) mass is 282 g/mol. The van der Waals surface area contributed by atoms with Gasteiger partial charge in [-0.15, -0.1) is 0 Å². The maximum Gasteiger partial charge on any atom is 0.209 e. The summed E-state index contributed by atoms with van der Waals surface area (Å²) < 4.78 is 5.73. The number of rotatable bonds is 5. The van der Waals surface area contributed by atoms with E-state index < -0.39 is 0 Å². The molecule has 0 bridgehead atoms. The first kappa shape index (κ1) is 13.6. The molecule has 0 amide bonds. The minimum atomic E-state index is 0.680. The number of likely N-dealkylation sites (N-methyl/N-ethyl adjacent to an activating group) is 1. The summed E-state index contributed by atoms with van der Waals surface area (Å²) in [5, 5.41) is 0. The van der Waals surface area contributed by atoms with Crippen LogP contribution in [0.1, 0.15) is 11.5 Å². The first-order valence-corrected chi connectivity index (χ1v) is 6.93. The Kier molecular flexibility index (Phi) is 3.83. The number of oxazole rings is 1. The van der Waals surface area contributed by atoms with Crippen LogP contribution in [0.3, 0.4) is 0 Å². The van der Waals surface area contributed by atoms with Gasteiger partial charge in [-0.05, 0) is 43.3 Å². The molecular weight excluding hydrogens is 264 g/mol.